The van der Waals surface area contributed by atoms with Crippen LogP contribution in [0.2, 0.25) is 0 Å². The molecule has 7 heteroatoms. The molecule has 0 amide bonds. The molecule has 2 heterocycles. The number of H-pyrrole nitrogens is 1. The maximum absolute atomic E-state index is 10.8. The van der Waals surface area contributed by atoms with Crippen LogP contribution in [0.4, 0.5) is 0 Å². The summed E-state index contributed by atoms with van der Waals surface area (Å²) in [4.78, 5) is 2.19. The summed E-state index contributed by atoms with van der Waals surface area (Å²) in [5, 5.41) is 21.2. The highest BCUT2D eigenvalue weighted by Crippen LogP contribution is 2.29. The maximum atomic E-state index is 10.8. The van der Waals surface area contributed by atoms with Crippen LogP contribution in [0.25, 0.3) is 0 Å². The van der Waals surface area contributed by atoms with Crippen LogP contribution in [0.15, 0.2) is 30.5 Å². The predicted molar refractivity (Wildman–Crippen MR) is 84.4 cm³/mol. The molecule has 7 nitrogen and oxygen atoms in total. The first-order valence-electron chi connectivity index (χ1n) is 7.77. The van der Waals surface area contributed by atoms with Gasteiger partial charge in [-0.3, -0.25) is 4.90 Å². The number of benzene rings is 1. The third kappa shape index (κ3) is 3.80. The Morgan fingerprint density at radius 3 is 3.04 bits per heavy atom. The van der Waals surface area contributed by atoms with E-state index < -0.39 is 5.60 Å². The van der Waals surface area contributed by atoms with Crippen molar-refractivity contribution < 1.29 is 14.6 Å². The van der Waals surface area contributed by atoms with E-state index in [1.54, 1.807) is 13.3 Å². The van der Waals surface area contributed by atoms with Gasteiger partial charge in [0, 0.05) is 19.2 Å². The van der Waals surface area contributed by atoms with Gasteiger partial charge in [0.15, 0.2) is 0 Å². The van der Waals surface area contributed by atoms with Gasteiger partial charge in [-0.1, -0.05) is 6.07 Å². The molecule has 0 spiro atoms. The van der Waals surface area contributed by atoms with Crippen molar-refractivity contribution in [3.8, 4) is 11.5 Å². The molecule has 2 N–H and O–H groups in total. The molecule has 1 fully saturated rings. The van der Waals surface area contributed by atoms with Crippen LogP contribution in [-0.2, 0) is 5.60 Å². The molecule has 1 aromatic carbocycles. The lowest BCUT2D eigenvalue weighted by Gasteiger charge is -2.37. The fraction of sp³-hybridized carbons (Fsp3) is 0.500. The van der Waals surface area contributed by atoms with E-state index in [1.807, 2.05) is 24.3 Å². The fourth-order valence-electron chi connectivity index (χ4n) is 2.93. The van der Waals surface area contributed by atoms with Gasteiger partial charge < -0.3 is 14.6 Å². The molecule has 1 atom stereocenters. The summed E-state index contributed by atoms with van der Waals surface area (Å²) < 4.78 is 11.0. The minimum atomic E-state index is -0.929. The van der Waals surface area contributed by atoms with E-state index in [0.717, 1.165) is 31.0 Å². The number of hydrogen-bond donors (Lipinski definition) is 2. The number of hydrogen-bond acceptors (Lipinski definition) is 6. The monoisotopic (exact) mass is 318 g/mol. The Morgan fingerprint density at radius 1 is 1.39 bits per heavy atom. The van der Waals surface area contributed by atoms with Gasteiger partial charge in [-0.25, -0.2) is 0 Å². The average Bonchev–Trinajstić information content (AvgIpc) is 3.11. The van der Waals surface area contributed by atoms with Crippen molar-refractivity contribution in [1.29, 1.82) is 0 Å². The highest BCUT2D eigenvalue weighted by atomic mass is 16.5. The lowest BCUT2D eigenvalue weighted by Crippen LogP contribution is -2.47. The summed E-state index contributed by atoms with van der Waals surface area (Å²) in [5.41, 5.74) is -0.322. The smallest absolute Gasteiger partial charge is 0.123 e. The molecule has 0 radical (unpaired) electrons. The van der Waals surface area contributed by atoms with Gasteiger partial charge in [0.1, 0.15) is 29.4 Å². The largest absolute Gasteiger partial charge is 0.497 e. The van der Waals surface area contributed by atoms with Gasteiger partial charge in [-0.2, -0.15) is 15.4 Å². The third-order valence-corrected chi connectivity index (χ3v) is 4.16. The van der Waals surface area contributed by atoms with E-state index in [0.29, 0.717) is 25.3 Å². The Hall–Kier alpha value is -2.12. The Morgan fingerprint density at radius 2 is 2.26 bits per heavy atom. The molecule has 1 saturated heterocycles. The molecule has 124 valence electrons. The normalized spacial score (nSPS) is 22.0. The molecule has 0 saturated carbocycles. The van der Waals surface area contributed by atoms with E-state index in [4.69, 9.17) is 9.47 Å². The van der Waals surface area contributed by atoms with Gasteiger partial charge in [-0.05, 0) is 31.5 Å². The summed E-state index contributed by atoms with van der Waals surface area (Å²) >= 11 is 0. The van der Waals surface area contributed by atoms with Crippen LogP contribution in [-0.4, -0.2) is 58.8 Å². The Bertz CT molecular complexity index is 620. The summed E-state index contributed by atoms with van der Waals surface area (Å²) in [6.07, 6.45) is 3.21. The van der Waals surface area contributed by atoms with Gasteiger partial charge in [0.2, 0.25) is 0 Å². The van der Waals surface area contributed by atoms with Gasteiger partial charge in [0.25, 0.3) is 0 Å². The van der Waals surface area contributed by atoms with Crippen LogP contribution in [0, 0.1) is 0 Å². The van der Waals surface area contributed by atoms with Crippen LogP contribution in [0.3, 0.4) is 0 Å². The SMILES string of the molecule is COc1cccc(OCCN2CCC[C@](O)(c3cn[nH]n3)C2)c1. The van der Waals surface area contributed by atoms with Crippen molar-refractivity contribution in [2.75, 3.05) is 33.4 Å². The highest BCUT2D eigenvalue weighted by Gasteiger charge is 2.36. The molecule has 0 unspecified atom stereocenters. The molecule has 0 aliphatic carbocycles. The predicted octanol–water partition coefficient (Wildman–Crippen LogP) is 1.18. The van der Waals surface area contributed by atoms with Crippen molar-refractivity contribution in [2.45, 2.75) is 18.4 Å². The summed E-state index contributed by atoms with van der Waals surface area (Å²) in [7, 11) is 1.64. The van der Waals surface area contributed by atoms with E-state index >= 15 is 0 Å². The van der Waals surface area contributed by atoms with Crippen LogP contribution >= 0.6 is 0 Å². The molecule has 0 bridgehead atoms. The summed E-state index contributed by atoms with van der Waals surface area (Å²) in [5.74, 6) is 1.56. The van der Waals surface area contributed by atoms with Crippen molar-refractivity contribution >= 4 is 0 Å². The number of nitrogens with one attached hydrogen (secondary N) is 1. The maximum Gasteiger partial charge on any atom is 0.123 e. The molecular formula is C16H22N4O3. The number of nitrogens with zero attached hydrogens (tertiary/aromatic N) is 3. The van der Waals surface area contributed by atoms with Crippen molar-refractivity contribution in [2.24, 2.45) is 0 Å². The van der Waals surface area contributed by atoms with Gasteiger partial charge >= 0.3 is 0 Å². The zero-order valence-electron chi connectivity index (χ0n) is 13.2. The number of rotatable bonds is 6. The van der Waals surface area contributed by atoms with Crippen molar-refractivity contribution in [3.05, 3.63) is 36.2 Å². The number of piperidine rings is 1. The lowest BCUT2D eigenvalue weighted by molar-refractivity contribution is -0.0412. The van der Waals surface area contributed by atoms with E-state index in [2.05, 4.69) is 20.3 Å². The standard InChI is InChI=1S/C16H22N4O3/c1-22-13-4-2-5-14(10-13)23-9-8-20-7-3-6-16(21,12-20)15-11-17-19-18-15/h2,4-5,10-11,21H,3,6-9,12H2,1H3,(H,17,18,19)/t16-/m1/s1. The highest BCUT2D eigenvalue weighted by molar-refractivity contribution is 5.32. The second kappa shape index (κ2) is 6.97. The van der Waals surface area contributed by atoms with E-state index in [1.165, 1.54) is 0 Å². The Labute approximate surface area is 135 Å². The van der Waals surface area contributed by atoms with Crippen LogP contribution in [0.1, 0.15) is 18.5 Å². The third-order valence-electron chi connectivity index (χ3n) is 4.16. The van der Waals surface area contributed by atoms with Crippen molar-refractivity contribution in [1.82, 2.24) is 20.3 Å². The van der Waals surface area contributed by atoms with Gasteiger partial charge in [0.05, 0.1) is 13.3 Å². The zero-order valence-corrected chi connectivity index (χ0v) is 13.2. The molecule has 1 aliphatic heterocycles. The average molecular weight is 318 g/mol. The van der Waals surface area contributed by atoms with Gasteiger partial charge in [-0.15, -0.1) is 0 Å². The number of aromatic nitrogens is 3. The first-order chi connectivity index (χ1) is 11.2. The summed E-state index contributed by atoms with van der Waals surface area (Å²) in [6, 6.07) is 7.56. The van der Waals surface area contributed by atoms with Crippen molar-refractivity contribution in [3.63, 3.8) is 0 Å². The molecule has 1 aliphatic rings. The quantitative estimate of drug-likeness (QED) is 0.832. The van der Waals surface area contributed by atoms with E-state index in [-0.39, 0.29) is 0 Å². The van der Waals surface area contributed by atoms with Crippen LogP contribution in [0.5, 0.6) is 11.5 Å². The Kier molecular flexibility index (Phi) is 4.78. The molecule has 23 heavy (non-hydrogen) atoms. The van der Waals surface area contributed by atoms with E-state index in [9.17, 15) is 5.11 Å². The zero-order chi connectivity index (χ0) is 16.1. The van der Waals surface area contributed by atoms with Crippen LogP contribution < -0.4 is 9.47 Å². The number of aromatic amines is 1. The summed E-state index contributed by atoms with van der Waals surface area (Å²) in [6.45, 7) is 2.79. The number of ether oxygens (including phenoxy) is 2. The second-order valence-electron chi connectivity index (χ2n) is 5.79. The fourth-order valence-corrected chi connectivity index (χ4v) is 2.93. The Balaban J connectivity index is 1.52. The number of methoxy groups -OCH3 is 1. The first kappa shape index (κ1) is 15.8. The first-order valence-corrected chi connectivity index (χ1v) is 7.77. The molecule has 1 aromatic heterocycles. The molecule has 2 aromatic rings. The topological polar surface area (TPSA) is 83.5 Å². The molecule has 3 rings (SSSR count). The number of likely N-dealkylation sites (tertiary alicyclic amines) is 1. The minimum absolute atomic E-state index is 0.543. The second-order valence-corrected chi connectivity index (χ2v) is 5.79. The number of β-amino-alcohol motifs (C(OH)–C–C–N with tert-alkyl or cyclic N) is 1. The minimum Gasteiger partial charge on any atom is -0.497 e. The molecular weight excluding hydrogens is 296 g/mol. The lowest BCUT2D eigenvalue weighted by atomic mass is 9.90. The number of aliphatic hydroxyl groups is 1.